The first-order chi connectivity index (χ1) is 16.8. The van der Waals surface area contributed by atoms with Gasteiger partial charge >= 0.3 is 0 Å². The molecular formula is C22H55N3O9S4. The van der Waals surface area contributed by atoms with E-state index in [0.717, 1.165) is 12.8 Å². The number of sulfone groups is 1. The maximum absolute atomic E-state index is 11.0. The fraction of sp³-hybridized carbons (Fsp3) is 1.00. The predicted molar refractivity (Wildman–Crippen MR) is 158 cm³/mol. The van der Waals surface area contributed by atoms with Crippen LogP contribution < -0.4 is 14.2 Å². The zero-order chi connectivity index (χ0) is 31.5. The third-order valence-corrected chi connectivity index (χ3v) is 11.6. The zero-order valence-electron chi connectivity index (χ0n) is 25.3. The van der Waals surface area contributed by atoms with E-state index in [1.807, 2.05) is 13.8 Å². The Morgan fingerprint density at radius 2 is 0.763 bits per heavy atom. The van der Waals surface area contributed by atoms with Crippen molar-refractivity contribution in [2.24, 2.45) is 0 Å². The maximum atomic E-state index is 11.0. The molecule has 1 atom stereocenters. The van der Waals surface area contributed by atoms with Gasteiger partial charge in [-0.1, -0.05) is 13.8 Å². The molecular weight excluding hydrogens is 579 g/mol. The molecule has 0 rings (SSSR count). The van der Waals surface area contributed by atoms with Gasteiger partial charge in [0.2, 0.25) is 30.1 Å². The Labute approximate surface area is 234 Å². The molecule has 0 radical (unpaired) electrons. The standard InChI is InChI=1S/C6H15NO3S.2C6H15NO2S.C4H10O2S/c1-5(2)11(9,10)7-4-6(3)8;2*1-4-5-7-10(8,9)6(2)3;1-4(2)7(3,5)6/h5-8H,4H2,1-3H3;2*6-7H,4-5H2,1-3H3;4H,1-3H3. The van der Waals surface area contributed by atoms with Crippen molar-refractivity contribution in [2.75, 3.05) is 25.9 Å². The molecule has 0 aliphatic rings. The molecule has 0 aromatic carbocycles. The lowest BCUT2D eigenvalue weighted by Gasteiger charge is -2.10. The van der Waals surface area contributed by atoms with E-state index in [1.165, 1.54) is 13.2 Å². The number of aliphatic hydroxyl groups is 1. The van der Waals surface area contributed by atoms with Crippen molar-refractivity contribution in [1.29, 1.82) is 0 Å². The number of aliphatic hydroxyl groups excluding tert-OH is 1. The highest BCUT2D eigenvalue weighted by Crippen LogP contribution is 1.96. The average molecular weight is 634 g/mol. The van der Waals surface area contributed by atoms with Crippen LogP contribution in [0.4, 0.5) is 0 Å². The molecule has 236 valence electrons. The SMILES string of the molecule is CC(C)S(C)(=O)=O.CC(O)CNS(=O)(=O)C(C)C.CCCNS(=O)(=O)C(C)C.CCCNS(=O)(=O)C(C)C. The Morgan fingerprint density at radius 3 is 0.921 bits per heavy atom. The number of nitrogens with one attached hydrogen (secondary N) is 3. The smallest absolute Gasteiger partial charge is 0.214 e. The molecule has 12 nitrogen and oxygen atoms in total. The molecule has 0 fully saturated rings. The highest BCUT2D eigenvalue weighted by atomic mass is 32.2. The lowest BCUT2D eigenvalue weighted by molar-refractivity contribution is 0.198. The first-order valence-corrected chi connectivity index (χ1v) is 19.2. The first kappa shape index (κ1) is 44.7. The van der Waals surface area contributed by atoms with Gasteiger partial charge < -0.3 is 5.11 Å². The van der Waals surface area contributed by atoms with Crippen LogP contribution in [0.15, 0.2) is 0 Å². The zero-order valence-corrected chi connectivity index (χ0v) is 28.5. The van der Waals surface area contributed by atoms with Crippen LogP contribution >= 0.6 is 0 Å². The largest absolute Gasteiger partial charge is 0.392 e. The summed E-state index contributed by atoms with van der Waals surface area (Å²) >= 11 is 0. The van der Waals surface area contributed by atoms with Gasteiger partial charge in [0.05, 0.1) is 27.1 Å². The minimum absolute atomic E-state index is 0.0838. The third kappa shape index (κ3) is 27.2. The molecule has 0 aliphatic carbocycles. The van der Waals surface area contributed by atoms with Crippen molar-refractivity contribution in [3.63, 3.8) is 0 Å². The fourth-order valence-electron chi connectivity index (χ4n) is 1.23. The van der Waals surface area contributed by atoms with Gasteiger partial charge in [0.15, 0.2) is 0 Å². The van der Waals surface area contributed by atoms with E-state index in [-0.39, 0.29) is 22.3 Å². The van der Waals surface area contributed by atoms with E-state index in [1.54, 1.807) is 55.4 Å². The van der Waals surface area contributed by atoms with Crippen molar-refractivity contribution < 1.29 is 38.8 Å². The van der Waals surface area contributed by atoms with E-state index in [9.17, 15) is 33.7 Å². The first-order valence-electron chi connectivity index (χ1n) is 12.6. The highest BCUT2D eigenvalue weighted by Gasteiger charge is 2.15. The Balaban J connectivity index is -0.000000205. The molecule has 0 saturated heterocycles. The average Bonchev–Trinajstić information content (AvgIpc) is 2.75. The Bertz CT molecular complexity index is 962. The van der Waals surface area contributed by atoms with Gasteiger partial charge in [-0.2, -0.15) is 0 Å². The van der Waals surface area contributed by atoms with E-state index in [0.29, 0.717) is 13.1 Å². The Hall–Kier alpha value is -0.360. The van der Waals surface area contributed by atoms with Gasteiger partial charge in [-0.15, -0.1) is 0 Å². The van der Waals surface area contributed by atoms with Crippen molar-refractivity contribution in [3.8, 4) is 0 Å². The van der Waals surface area contributed by atoms with Gasteiger partial charge in [-0.05, 0) is 75.2 Å². The second-order valence-corrected chi connectivity index (χ2v) is 19.2. The second kappa shape index (κ2) is 21.4. The van der Waals surface area contributed by atoms with E-state index >= 15 is 0 Å². The number of sulfonamides is 3. The molecule has 0 saturated carbocycles. The van der Waals surface area contributed by atoms with Gasteiger partial charge in [-0.25, -0.2) is 47.8 Å². The molecule has 0 aromatic rings. The molecule has 38 heavy (non-hydrogen) atoms. The summed E-state index contributed by atoms with van der Waals surface area (Å²) < 4.78 is 93.8. The maximum Gasteiger partial charge on any atom is 0.214 e. The minimum atomic E-state index is -3.20. The van der Waals surface area contributed by atoms with Crippen LogP contribution in [-0.2, 0) is 39.9 Å². The molecule has 0 bridgehead atoms. The molecule has 0 amide bonds. The Morgan fingerprint density at radius 1 is 0.526 bits per heavy atom. The summed E-state index contributed by atoms with van der Waals surface area (Å²) in [5.74, 6) is 0. The van der Waals surface area contributed by atoms with Crippen molar-refractivity contribution in [1.82, 2.24) is 14.2 Å². The van der Waals surface area contributed by atoms with Crippen LogP contribution in [0.1, 0.15) is 89.0 Å². The van der Waals surface area contributed by atoms with E-state index in [4.69, 9.17) is 5.11 Å². The van der Waals surface area contributed by atoms with E-state index in [2.05, 4.69) is 14.2 Å². The predicted octanol–water partition coefficient (Wildman–Crippen LogP) is 1.58. The van der Waals surface area contributed by atoms with Crippen LogP contribution in [0.3, 0.4) is 0 Å². The summed E-state index contributed by atoms with van der Waals surface area (Å²) in [5, 5.41) is 7.46. The van der Waals surface area contributed by atoms with Gasteiger partial charge in [-0.3, -0.25) is 0 Å². The van der Waals surface area contributed by atoms with Crippen LogP contribution in [0.2, 0.25) is 0 Å². The quantitative estimate of drug-likeness (QED) is 0.233. The topological polar surface area (TPSA) is 193 Å². The highest BCUT2D eigenvalue weighted by molar-refractivity contribution is 7.91. The molecule has 0 spiro atoms. The summed E-state index contributed by atoms with van der Waals surface area (Å²) in [6, 6.07) is 0. The summed E-state index contributed by atoms with van der Waals surface area (Å²) in [4.78, 5) is 0. The molecule has 4 N–H and O–H groups in total. The minimum Gasteiger partial charge on any atom is -0.392 e. The molecule has 1 unspecified atom stereocenters. The lowest BCUT2D eigenvalue weighted by atomic mass is 10.4. The summed E-state index contributed by atoms with van der Waals surface area (Å²) in [5.41, 5.74) is 0. The van der Waals surface area contributed by atoms with Crippen LogP contribution in [0, 0.1) is 0 Å². The number of hydrogen-bond donors (Lipinski definition) is 4. The number of hydrogen-bond acceptors (Lipinski definition) is 9. The Kier molecular flexibility index (Phi) is 25.1. The van der Waals surface area contributed by atoms with Gasteiger partial charge in [0.1, 0.15) is 9.84 Å². The summed E-state index contributed by atoms with van der Waals surface area (Å²) in [6.07, 6.45) is 2.28. The van der Waals surface area contributed by atoms with Crippen molar-refractivity contribution in [3.05, 3.63) is 0 Å². The summed E-state index contributed by atoms with van der Waals surface area (Å²) in [7, 11) is -12.0. The summed E-state index contributed by atoms with van der Waals surface area (Å²) in [6.45, 7) is 19.7. The number of rotatable bonds is 13. The molecule has 0 aliphatic heterocycles. The van der Waals surface area contributed by atoms with Gasteiger partial charge in [0, 0.05) is 25.9 Å². The molecule has 16 heteroatoms. The van der Waals surface area contributed by atoms with E-state index < -0.39 is 51.3 Å². The second-order valence-electron chi connectivity index (χ2n) is 9.65. The molecule has 0 aromatic heterocycles. The normalized spacial score (nSPS) is 13.3. The van der Waals surface area contributed by atoms with Crippen LogP contribution in [0.5, 0.6) is 0 Å². The fourth-order valence-corrected chi connectivity index (χ4v) is 3.68. The third-order valence-electron chi connectivity index (χ3n) is 4.40. The lowest BCUT2D eigenvalue weighted by Crippen LogP contribution is -2.35. The van der Waals surface area contributed by atoms with Crippen molar-refractivity contribution in [2.45, 2.75) is 116 Å². The van der Waals surface area contributed by atoms with Gasteiger partial charge in [0.25, 0.3) is 0 Å². The van der Waals surface area contributed by atoms with Crippen LogP contribution in [0.25, 0.3) is 0 Å². The monoisotopic (exact) mass is 633 g/mol. The van der Waals surface area contributed by atoms with Crippen molar-refractivity contribution >= 4 is 39.9 Å². The molecule has 0 heterocycles. The van der Waals surface area contributed by atoms with Crippen LogP contribution in [-0.4, -0.2) is 91.8 Å².